The number of nitrogens with zero attached hydrogens (tertiary/aromatic N) is 2. The minimum atomic E-state index is -0.518. The van der Waals surface area contributed by atoms with Crippen LogP contribution >= 0.6 is 22.9 Å². The molecular weight excluding hydrogens is 400 g/mol. The lowest BCUT2D eigenvalue weighted by atomic mass is 10.1. The van der Waals surface area contributed by atoms with E-state index in [-0.39, 0.29) is 17.3 Å². The Labute approximate surface area is 172 Å². The number of benzene rings is 1. The lowest BCUT2D eigenvalue weighted by Crippen LogP contribution is -2.09. The van der Waals surface area contributed by atoms with Crippen molar-refractivity contribution in [3.8, 4) is 22.1 Å². The fourth-order valence-electron chi connectivity index (χ4n) is 2.72. The molecule has 1 aromatic carbocycles. The number of esters is 1. The number of aromatic nitrogens is 2. The van der Waals surface area contributed by atoms with E-state index in [9.17, 15) is 4.79 Å². The van der Waals surface area contributed by atoms with Crippen LogP contribution in [0, 0.1) is 13.8 Å². The van der Waals surface area contributed by atoms with Gasteiger partial charge in [0.15, 0.2) is 11.5 Å². The first kappa shape index (κ1) is 20.1. The van der Waals surface area contributed by atoms with Crippen LogP contribution in [0.4, 0.5) is 0 Å². The summed E-state index contributed by atoms with van der Waals surface area (Å²) >= 11 is 7.56. The summed E-state index contributed by atoms with van der Waals surface area (Å²) in [6.07, 6.45) is 0. The molecule has 3 aromatic rings. The average Bonchev–Trinajstić information content (AvgIpc) is 3.14. The number of hydrogen-bond donors (Lipinski definition) is 0. The van der Waals surface area contributed by atoms with E-state index in [0.717, 1.165) is 21.8 Å². The topological polar surface area (TPSA) is 70.5 Å². The molecule has 0 N–H and O–H groups in total. The molecule has 0 fully saturated rings. The molecule has 0 bridgehead atoms. The van der Waals surface area contributed by atoms with Gasteiger partial charge in [0.1, 0.15) is 16.8 Å². The Kier molecular flexibility index (Phi) is 6.16. The Morgan fingerprint density at radius 2 is 1.86 bits per heavy atom. The van der Waals surface area contributed by atoms with Crippen LogP contribution in [0.5, 0.6) is 11.5 Å². The number of carbonyl (C=O) groups is 1. The minimum absolute atomic E-state index is 0.0479. The van der Waals surface area contributed by atoms with Crippen molar-refractivity contribution in [2.24, 2.45) is 0 Å². The molecule has 0 aliphatic carbocycles. The highest BCUT2D eigenvalue weighted by atomic mass is 35.5. The Balaban J connectivity index is 1.73. The highest BCUT2D eigenvalue weighted by Gasteiger charge is 2.18. The van der Waals surface area contributed by atoms with Crippen molar-refractivity contribution < 1.29 is 19.0 Å². The maximum atomic E-state index is 12.4. The van der Waals surface area contributed by atoms with Gasteiger partial charge < -0.3 is 14.2 Å². The maximum Gasteiger partial charge on any atom is 0.341 e. The molecule has 0 aliphatic rings. The van der Waals surface area contributed by atoms with Crippen LogP contribution in [0.15, 0.2) is 29.6 Å². The zero-order chi connectivity index (χ0) is 20.3. The monoisotopic (exact) mass is 418 g/mol. The van der Waals surface area contributed by atoms with Gasteiger partial charge in [0.05, 0.1) is 25.5 Å². The van der Waals surface area contributed by atoms with Gasteiger partial charge in [0.25, 0.3) is 0 Å². The molecule has 0 unspecified atom stereocenters. The van der Waals surface area contributed by atoms with Crippen molar-refractivity contribution in [1.82, 2.24) is 9.97 Å². The summed E-state index contributed by atoms with van der Waals surface area (Å²) in [4.78, 5) is 21.0. The van der Waals surface area contributed by atoms with Gasteiger partial charge in [-0.25, -0.2) is 14.8 Å². The molecule has 6 nitrogen and oxygen atoms in total. The predicted octanol–water partition coefficient (Wildman–Crippen LogP) is 4.85. The standard InChI is InChI=1S/C20H19ClN2O4S/c1-11-7-12(2)22-18(21)17(11)20(24)27-9-14-10-28-19(23-14)13-5-6-15(25-3)16(8-13)26-4/h5-8,10H,9H2,1-4H3. The Morgan fingerprint density at radius 3 is 2.54 bits per heavy atom. The zero-order valence-electron chi connectivity index (χ0n) is 15.9. The van der Waals surface area contributed by atoms with E-state index in [1.54, 1.807) is 27.2 Å². The number of thiazole rings is 1. The molecular formula is C20H19ClN2O4S. The molecule has 0 atom stereocenters. The van der Waals surface area contributed by atoms with Gasteiger partial charge in [-0.1, -0.05) is 11.6 Å². The molecule has 0 aliphatic heterocycles. The van der Waals surface area contributed by atoms with E-state index < -0.39 is 5.97 Å². The Morgan fingerprint density at radius 1 is 1.11 bits per heavy atom. The summed E-state index contributed by atoms with van der Waals surface area (Å²) < 4.78 is 16.0. The van der Waals surface area contributed by atoms with Crippen LogP contribution in [0.25, 0.3) is 10.6 Å². The molecule has 8 heteroatoms. The zero-order valence-corrected chi connectivity index (χ0v) is 17.5. The second-order valence-corrected chi connectivity index (χ2v) is 7.25. The number of ether oxygens (including phenoxy) is 3. The van der Waals surface area contributed by atoms with Gasteiger partial charge in [-0.3, -0.25) is 0 Å². The summed E-state index contributed by atoms with van der Waals surface area (Å²) in [6, 6.07) is 7.37. The first-order valence-corrected chi connectivity index (χ1v) is 9.66. The van der Waals surface area contributed by atoms with Gasteiger partial charge in [-0.05, 0) is 43.7 Å². The number of methoxy groups -OCH3 is 2. The van der Waals surface area contributed by atoms with E-state index >= 15 is 0 Å². The van der Waals surface area contributed by atoms with Crippen molar-refractivity contribution in [1.29, 1.82) is 0 Å². The first-order valence-electron chi connectivity index (χ1n) is 8.40. The van der Waals surface area contributed by atoms with Crippen LogP contribution in [0.3, 0.4) is 0 Å². The molecule has 0 radical (unpaired) electrons. The van der Waals surface area contributed by atoms with E-state index in [1.165, 1.54) is 11.3 Å². The molecule has 0 spiro atoms. The lowest BCUT2D eigenvalue weighted by Gasteiger charge is -2.09. The third-order valence-electron chi connectivity index (χ3n) is 4.04. The largest absolute Gasteiger partial charge is 0.493 e. The van der Waals surface area contributed by atoms with E-state index in [2.05, 4.69) is 9.97 Å². The number of rotatable bonds is 6. The van der Waals surface area contributed by atoms with Crippen molar-refractivity contribution in [3.63, 3.8) is 0 Å². The fraction of sp³-hybridized carbons (Fsp3) is 0.250. The van der Waals surface area contributed by atoms with Gasteiger partial charge in [-0.15, -0.1) is 11.3 Å². The Bertz CT molecular complexity index is 996. The number of aryl methyl sites for hydroxylation is 2. The lowest BCUT2D eigenvalue weighted by molar-refractivity contribution is 0.0467. The Hall–Kier alpha value is -2.64. The van der Waals surface area contributed by atoms with Crippen molar-refractivity contribution in [2.75, 3.05) is 14.2 Å². The summed E-state index contributed by atoms with van der Waals surface area (Å²) in [5.41, 5.74) is 3.30. The third-order valence-corrected chi connectivity index (χ3v) is 5.25. The second kappa shape index (κ2) is 8.58. The first-order chi connectivity index (χ1) is 13.4. The summed E-state index contributed by atoms with van der Waals surface area (Å²) in [5.74, 6) is 0.756. The summed E-state index contributed by atoms with van der Waals surface area (Å²) in [7, 11) is 3.17. The second-order valence-electron chi connectivity index (χ2n) is 6.04. The van der Waals surface area contributed by atoms with Crippen molar-refractivity contribution >= 4 is 28.9 Å². The van der Waals surface area contributed by atoms with Crippen LogP contribution in [0.1, 0.15) is 27.3 Å². The highest BCUT2D eigenvalue weighted by molar-refractivity contribution is 7.13. The van der Waals surface area contributed by atoms with Gasteiger partial charge in [0, 0.05) is 16.6 Å². The number of halogens is 1. The molecule has 28 heavy (non-hydrogen) atoms. The minimum Gasteiger partial charge on any atom is -0.493 e. The molecule has 0 saturated heterocycles. The van der Waals surface area contributed by atoms with E-state index in [0.29, 0.717) is 17.2 Å². The predicted molar refractivity (Wildman–Crippen MR) is 108 cm³/mol. The van der Waals surface area contributed by atoms with Crippen molar-refractivity contribution in [2.45, 2.75) is 20.5 Å². The highest BCUT2D eigenvalue weighted by Crippen LogP contribution is 2.33. The van der Waals surface area contributed by atoms with Crippen LogP contribution < -0.4 is 9.47 Å². The third kappa shape index (κ3) is 4.26. The average molecular weight is 419 g/mol. The van der Waals surface area contributed by atoms with E-state index in [4.69, 9.17) is 25.8 Å². The normalized spacial score (nSPS) is 10.6. The molecule has 2 heterocycles. The maximum absolute atomic E-state index is 12.4. The summed E-state index contributed by atoms with van der Waals surface area (Å²) in [6.45, 7) is 3.67. The van der Waals surface area contributed by atoms with Crippen LogP contribution in [-0.2, 0) is 11.3 Å². The molecule has 0 amide bonds. The van der Waals surface area contributed by atoms with Crippen LogP contribution in [0.2, 0.25) is 5.15 Å². The molecule has 0 saturated carbocycles. The quantitative estimate of drug-likeness (QED) is 0.421. The fourth-order valence-corrected chi connectivity index (χ4v) is 3.88. The molecule has 2 aromatic heterocycles. The van der Waals surface area contributed by atoms with Crippen LogP contribution in [-0.4, -0.2) is 30.2 Å². The SMILES string of the molecule is COc1ccc(-c2nc(COC(=O)c3c(C)cc(C)nc3Cl)cs2)cc1OC. The summed E-state index contributed by atoms with van der Waals surface area (Å²) in [5, 5.41) is 2.78. The van der Waals surface area contributed by atoms with E-state index in [1.807, 2.05) is 30.5 Å². The number of hydrogen-bond acceptors (Lipinski definition) is 7. The van der Waals surface area contributed by atoms with Gasteiger partial charge in [0.2, 0.25) is 0 Å². The number of carbonyl (C=O) groups excluding carboxylic acids is 1. The number of pyridine rings is 1. The molecule has 3 rings (SSSR count). The van der Waals surface area contributed by atoms with Gasteiger partial charge >= 0.3 is 5.97 Å². The van der Waals surface area contributed by atoms with Crippen molar-refractivity contribution in [3.05, 3.63) is 57.3 Å². The smallest absolute Gasteiger partial charge is 0.341 e. The van der Waals surface area contributed by atoms with Gasteiger partial charge in [-0.2, -0.15) is 0 Å². The molecule has 146 valence electrons.